The highest BCUT2D eigenvalue weighted by atomic mass is 16.1. The molecule has 0 aliphatic rings. The van der Waals surface area contributed by atoms with Crippen molar-refractivity contribution in [3.05, 3.63) is 24.3 Å². The van der Waals surface area contributed by atoms with Crippen LogP contribution in [0.15, 0.2) is 18.6 Å². The fourth-order valence-electron chi connectivity index (χ4n) is 1.11. The number of carbonyl (C=O) groups is 1. The number of amides is 1. The third-order valence-electron chi connectivity index (χ3n) is 1.94. The Morgan fingerprint density at radius 2 is 2.31 bits per heavy atom. The molecule has 0 aliphatic carbocycles. The second-order valence-electron chi connectivity index (χ2n) is 4.00. The second-order valence-corrected chi connectivity index (χ2v) is 4.00. The highest BCUT2D eigenvalue weighted by molar-refractivity contribution is 5.77. The van der Waals surface area contributed by atoms with Crippen molar-refractivity contribution in [1.82, 2.24) is 20.6 Å². The van der Waals surface area contributed by atoms with Crippen LogP contribution in [0.4, 0.5) is 0 Å². The summed E-state index contributed by atoms with van der Waals surface area (Å²) in [5, 5.41) is 5.86. The quantitative estimate of drug-likeness (QED) is 0.728. The Labute approximate surface area is 95.7 Å². The predicted octanol–water partition coefficient (Wildman–Crippen LogP) is 0.338. The van der Waals surface area contributed by atoms with Crippen molar-refractivity contribution in [3.8, 4) is 0 Å². The van der Waals surface area contributed by atoms with Gasteiger partial charge in [-0.1, -0.05) is 13.8 Å². The monoisotopic (exact) mass is 222 g/mol. The molecule has 1 heterocycles. The van der Waals surface area contributed by atoms with Crippen LogP contribution in [-0.2, 0) is 11.3 Å². The Kier molecular flexibility index (Phi) is 5.42. The van der Waals surface area contributed by atoms with Gasteiger partial charge in [0.25, 0.3) is 0 Å². The van der Waals surface area contributed by atoms with Crippen LogP contribution in [0.25, 0.3) is 0 Å². The van der Waals surface area contributed by atoms with Crippen molar-refractivity contribution in [3.63, 3.8) is 0 Å². The fourth-order valence-corrected chi connectivity index (χ4v) is 1.11. The molecule has 16 heavy (non-hydrogen) atoms. The highest BCUT2D eigenvalue weighted by Crippen LogP contribution is 1.89. The third kappa shape index (κ3) is 5.41. The van der Waals surface area contributed by atoms with E-state index in [1.807, 2.05) is 6.07 Å². The molecule has 1 amide bonds. The highest BCUT2D eigenvalue weighted by Gasteiger charge is 2.01. The maximum atomic E-state index is 11.3. The molecule has 0 radical (unpaired) electrons. The number of nitrogens with zero attached hydrogens (tertiary/aromatic N) is 2. The molecular formula is C11H18N4O. The van der Waals surface area contributed by atoms with Gasteiger partial charge in [0.05, 0.1) is 12.2 Å². The summed E-state index contributed by atoms with van der Waals surface area (Å²) in [4.78, 5) is 19.2. The maximum Gasteiger partial charge on any atom is 0.233 e. The van der Waals surface area contributed by atoms with Gasteiger partial charge in [-0.3, -0.25) is 4.79 Å². The largest absolute Gasteiger partial charge is 0.355 e. The normalized spacial score (nSPS) is 10.4. The number of carbonyl (C=O) groups excluding carboxylic acids is 1. The first kappa shape index (κ1) is 12.6. The van der Waals surface area contributed by atoms with Crippen molar-refractivity contribution < 1.29 is 4.79 Å². The molecule has 0 aromatic carbocycles. The van der Waals surface area contributed by atoms with Gasteiger partial charge in [-0.2, -0.15) is 0 Å². The Balaban J connectivity index is 2.13. The Hall–Kier alpha value is -1.49. The molecule has 0 spiro atoms. The Bertz CT molecular complexity index is 313. The lowest BCUT2D eigenvalue weighted by molar-refractivity contribution is -0.120. The van der Waals surface area contributed by atoms with Crippen molar-refractivity contribution in [1.29, 1.82) is 0 Å². The minimum absolute atomic E-state index is 0.0164. The summed E-state index contributed by atoms with van der Waals surface area (Å²) in [5.74, 6) is 0.494. The molecule has 2 N–H and O–H groups in total. The Morgan fingerprint density at radius 3 is 2.94 bits per heavy atom. The van der Waals surface area contributed by atoms with Gasteiger partial charge in [-0.15, -0.1) is 0 Å². The van der Waals surface area contributed by atoms with Crippen LogP contribution >= 0.6 is 0 Å². The molecule has 1 aromatic rings. The average Bonchev–Trinajstić information content (AvgIpc) is 2.28. The van der Waals surface area contributed by atoms with E-state index in [-0.39, 0.29) is 5.91 Å². The van der Waals surface area contributed by atoms with Crippen LogP contribution in [-0.4, -0.2) is 29.0 Å². The zero-order valence-electron chi connectivity index (χ0n) is 9.73. The maximum absolute atomic E-state index is 11.3. The van der Waals surface area contributed by atoms with Crippen LogP contribution in [0.2, 0.25) is 0 Å². The zero-order chi connectivity index (χ0) is 11.8. The van der Waals surface area contributed by atoms with Gasteiger partial charge in [0.15, 0.2) is 0 Å². The lowest BCUT2D eigenvalue weighted by atomic mass is 10.2. The molecule has 0 bridgehead atoms. The first-order chi connectivity index (χ1) is 7.68. The molecule has 88 valence electrons. The standard InChI is InChI=1S/C11H18N4O/c1-9(2)5-14-11(16)7-13-6-10-3-4-12-8-15-10/h3-4,8-9,13H,5-7H2,1-2H3,(H,14,16). The van der Waals surface area contributed by atoms with Crippen molar-refractivity contribution in [2.45, 2.75) is 20.4 Å². The van der Waals surface area contributed by atoms with E-state index in [9.17, 15) is 4.79 Å². The van der Waals surface area contributed by atoms with Gasteiger partial charge in [-0.05, 0) is 12.0 Å². The van der Waals surface area contributed by atoms with E-state index >= 15 is 0 Å². The first-order valence-electron chi connectivity index (χ1n) is 5.41. The van der Waals surface area contributed by atoms with Gasteiger partial charge >= 0.3 is 0 Å². The van der Waals surface area contributed by atoms with E-state index in [1.165, 1.54) is 6.33 Å². The lowest BCUT2D eigenvalue weighted by Gasteiger charge is -2.08. The second kappa shape index (κ2) is 6.90. The SMILES string of the molecule is CC(C)CNC(=O)CNCc1ccncn1. The van der Waals surface area contributed by atoms with Crippen LogP contribution in [0, 0.1) is 5.92 Å². The summed E-state index contributed by atoms with van der Waals surface area (Å²) in [6, 6.07) is 1.82. The third-order valence-corrected chi connectivity index (χ3v) is 1.94. The van der Waals surface area contributed by atoms with Crippen LogP contribution in [0.5, 0.6) is 0 Å². The first-order valence-corrected chi connectivity index (χ1v) is 5.41. The van der Waals surface area contributed by atoms with E-state index in [0.29, 0.717) is 25.6 Å². The van der Waals surface area contributed by atoms with Crippen LogP contribution in [0.3, 0.4) is 0 Å². The molecule has 0 unspecified atom stereocenters. The molecule has 1 aromatic heterocycles. The van der Waals surface area contributed by atoms with E-state index in [2.05, 4.69) is 34.4 Å². The molecule has 1 rings (SSSR count). The number of hydrogen-bond donors (Lipinski definition) is 2. The molecule has 0 saturated carbocycles. The molecule has 0 atom stereocenters. The van der Waals surface area contributed by atoms with Crippen molar-refractivity contribution in [2.24, 2.45) is 5.92 Å². The smallest absolute Gasteiger partial charge is 0.233 e. The van der Waals surface area contributed by atoms with E-state index in [0.717, 1.165) is 5.69 Å². The summed E-state index contributed by atoms with van der Waals surface area (Å²) in [7, 11) is 0. The summed E-state index contributed by atoms with van der Waals surface area (Å²) >= 11 is 0. The topological polar surface area (TPSA) is 66.9 Å². The minimum atomic E-state index is 0.0164. The average molecular weight is 222 g/mol. The molecular weight excluding hydrogens is 204 g/mol. The van der Waals surface area contributed by atoms with E-state index in [4.69, 9.17) is 0 Å². The molecule has 5 heteroatoms. The van der Waals surface area contributed by atoms with E-state index in [1.54, 1.807) is 6.20 Å². The predicted molar refractivity (Wildman–Crippen MR) is 61.6 cm³/mol. The van der Waals surface area contributed by atoms with Gasteiger partial charge in [0.2, 0.25) is 5.91 Å². The van der Waals surface area contributed by atoms with Crippen molar-refractivity contribution in [2.75, 3.05) is 13.1 Å². The van der Waals surface area contributed by atoms with Crippen molar-refractivity contribution >= 4 is 5.91 Å². The Morgan fingerprint density at radius 1 is 1.50 bits per heavy atom. The lowest BCUT2D eigenvalue weighted by Crippen LogP contribution is -2.35. The summed E-state index contributed by atoms with van der Waals surface area (Å²) < 4.78 is 0. The van der Waals surface area contributed by atoms with Crippen LogP contribution in [0.1, 0.15) is 19.5 Å². The van der Waals surface area contributed by atoms with Gasteiger partial charge in [-0.25, -0.2) is 9.97 Å². The van der Waals surface area contributed by atoms with Crippen LogP contribution < -0.4 is 10.6 Å². The fraction of sp³-hybridized carbons (Fsp3) is 0.545. The zero-order valence-corrected chi connectivity index (χ0v) is 9.73. The number of hydrogen-bond acceptors (Lipinski definition) is 4. The molecule has 5 nitrogen and oxygen atoms in total. The summed E-state index contributed by atoms with van der Waals surface area (Å²) in [5.41, 5.74) is 0.881. The van der Waals surface area contributed by atoms with E-state index < -0.39 is 0 Å². The molecule has 0 fully saturated rings. The molecule has 0 saturated heterocycles. The summed E-state index contributed by atoms with van der Waals surface area (Å²) in [6.07, 6.45) is 3.18. The van der Waals surface area contributed by atoms with Gasteiger partial charge in [0, 0.05) is 19.3 Å². The van der Waals surface area contributed by atoms with Gasteiger partial charge in [0.1, 0.15) is 6.33 Å². The number of rotatable bonds is 6. The number of nitrogens with one attached hydrogen (secondary N) is 2. The van der Waals surface area contributed by atoms with Gasteiger partial charge < -0.3 is 10.6 Å². The number of aromatic nitrogens is 2. The molecule has 0 aliphatic heterocycles. The minimum Gasteiger partial charge on any atom is -0.355 e. The summed E-state index contributed by atoms with van der Waals surface area (Å²) in [6.45, 7) is 5.74.